The van der Waals surface area contributed by atoms with Crippen LogP contribution in [0.15, 0.2) is 27.6 Å². The summed E-state index contributed by atoms with van der Waals surface area (Å²) in [5, 5.41) is 0.496. The third-order valence-electron chi connectivity index (χ3n) is 3.82. The van der Waals surface area contributed by atoms with Crippen molar-refractivity contribution in [3.05, 3.63) is 27.7 Å². The molecule has 0 spiro atoms. The maximum atomic E-state index is 12.6. The Hall–Kier alpha value is -0.140. The topological polar surface area (TPSA) is 63.4 Å². The molecular weight excluding hydrogens is 364 g/mol. The molecule has 1 aliphatic carbocycles. The van der Waals surface area contributed by atoms with Crippen LogP contribution >= 0.6 is 27.5 Å². The summed E-state index contributed by atoms with van der Waals surface area (Å²) in [5.74, 6) is 0. The van der Waals surface area contributed by atoms with Gasteiger partial charge < -0.3 is 5.73 Å². The third-order valence-corrected chi connectivity index (χ3v) is 6.94. The van der Waals surface area contributed by atoms with E-state index in [0.717, 1.165) is 25.7 Å². The fourth-order valence-electron chi connectivity index (χ4n) is 2.47. The van der Waals surface area contributed by atoms with Crippen LogP contribution in [-0.2, 0) is 10.0 Å². The lowest BCUT2D eigenvalue weighted by molar-refractivity contribution is 0.268. The molecule has 0 aliphatic heterocycles. The van der Waals surface area contributed by atoms with Crippen molar-refractivity contribution in [3.63, 3.8) is 0 Å². The van der Waals surface area contributed by atoms with Crippen LogP contribution in [0.5, 0.6) is 0 Å². The average molecular weight is 382 g/mol. The summed E-state index contributed by atoms with van der Waals surface area (Å²) in [7, 11) is -1.85. The van der Waals surface area contributed by atoms with Crippen LogP contribution in [0.1, 0.15) is 25.7 Å². The van der Waals surface area contributed by atoms with E-state index in [1.54, 1.807) is 19.2 Å². The van der Waals surface area contributed by atoms with Gasteiger partial charge in [0.2, 0.25) is 10.0 Å². The highest BCUT2D eigenvalue weighted by molar-refractivity contribution is 9.10. The molecule has 20 heavy (non-hydrogen) atoms. The van der Waals surface area contributed by atoms with Gasteiger partial charge in [-0.05, 0) is 59.8 Å². The first-order valence-electron chi connectivity index (χ1n) is 6.51. The Morgan fingerprint density at radius 2 is 1.90 bits per heavy atom. The van der Waals surface area contributed by atoms with Crippen LogP contribution in [0, 0.1) is 0 Å². The second-order valence-electron chi connectivity index (χ2n) is 5.17. The van der Waals surface area contributed by atoms with E-state index in [0.29, 0.717) is 9.50 Å². The van der Waals surface area contributed by atoms with Crippen molar-refractivity contribution in [3.8, 4) is 0 Å². The van der Waals surface area contributed by atoms with Gasteiger partial charge in [0.25, 0.3) is 0 Å². The van der Waals surface area contributed by atoms with Crippen LogP contribution in [0.2, 0.25) is 5.02 Å². The number of nitrogens with zero attached hydrogens (tertiary/aromatic N) is 1. The van der Waals surface area contributed by atoms with Crippen molar-refractivity contribution in [2.24, 2.45) is 5.73 Å². The van der Waals surface area contributed by atoms with Crippen molar-refractivity contribution in [1.29, 1.82) is 0 Å². The van der Waals surface area contributed by atoms with Gasteiger partial charge in [0.15, 0.2) is 0 Å². The molecular formula is C13H18BrClN2O2S. The number of benzene rings is 1. The van der Waals surface area contributed by atoms with E-state index in [1.807, 2.05) is 0 Å². The summed E-state index contributed by atoms with van der Waals surface area (Å²) in [5.41, 5.74) is 5.86. The van der Waals surface area contributed by atoms with Gasteiger partial charge in [-0.2, -0.15) is 4.31 Å². The molecule has 4 nitrogen and oxygen atoms in total. The van der Waals surface area contributed by atoms with Gasteiger partial charge in [-0.1, -0.05) is 11.6 Å². The Balaban J connectivity index is 2.23. The lowest BCUT2D eigenvalue weighted by Gasteiger charge is -2.32. The lowest BCUT2D eigenvalue weighted by Crippen LogP contribution is -2.41. The Morgan fingerprint density at radius 3 is 2.45 bits per heavy atom. The van der Waals surface area contributed by atoms with Gasteiger partial charge in [-0.25, -0.2) is 8.42 Å². The van der Waals surface area contributed by atoms with Crippen LogP contribution in [0.4, 0.5) is 0 Å². The summed E-state index contributed by atoms with van der Waals surface area (Å²) in [4.78, 5) is 0.256. The fourth-order valence-corrected chi connectivity index (χ4v) is 4.56. The van der Waals surface area contributed by atoms with Crippen LogP contribution in [0.3, 0.4) is 0 Å². The molecule has 1 saturated carbocycles. The first-order chi connectivity index (χ1) is 9.32. The molecule has 1 fully saturated rings. The van der Waals surface area contributed by atoms with Gasteiger partial charge in [0.1, 0.15) is 0 Å². The van der Waals surface area contributed by atoms with Gasteiger partial charge in [0.05, 0.1) is 9.92 Å². The molecule has 0 unspecified atom stereocenters. The van der Waals surface area contributed by atoms with Crippen molar-refractivity contribution in [2.75, 3.05) is 7.05 Å². The predicted octanol–water partition coefficient (Wildman–Crippen LogP) is 2.99. The first kappa shape index (κ1) is 16.2. The zero-order chi connectivity index (χ0) is 14.9. The SMILES string of the molecule is CN(C1CCC(N)CC1)S(=O)(=O)c1ccc(Cl)c(Br)c1. The van der Waals surface area contributed by atoms with E-state index in [4.69, 9.17) is 17.3 Å². The van der Waals surface area contributed by atoms with E-state index >= 15 is 0 Å². The first-order valence-corrected chi connectivity index (χ1v) is 9.12. The quantitative estimate of drug-likeness (QED) is 0.875. The molecule has 0 bridgehead atoms. The summed E-state index contributed by atoms with van der Waals surface area (Å²) < 4.78 is 27.3. The molecule has 0 amide bonds. The van der Waals surface area contributed by atoms with Gasteiger partial charge in [-0.3, -0.25) is 0 Å². The average Bonchev–Trinajstić information content (AvgIpc) is 2.41. The maximum absolute atomic E-state index is 12.6. The van der Waals surface area contributed by atoms with E-state index in [1.165, 1.54) is 10.4 Å². The molecule has 1 aliphatic rings. The Labute approximate surface area is 133 Å². The number of sulfonamides is 1. The van der Waals surface area contributed by atoms with Crippen molar-refractivity contribution >= 4 is 37.6 Å². The summed E-state index contributed by atoms with van der Waals surface area (Å²) >= 11 is 9.17. The summed E-state index contributed by atoms with van der Waals surface area (Å²) in [6.07, 6.45) is 3.36. The molecule has 2 rings (SSSR count). The van der Waals surface area contributed by atoms with Crippen molar-refractivity contribution in [2.45, 2.75) is 42.7 Å². The second-order valence-corrected chi connectivity index (χ2v) is 8.42. The normalized spacial score (nSPS) is 24.1. The van der Waals surface area contributed by atoms with E-state index in [-0.39, 0.29) is 17.0 Å². The monoisotopic (exact) mass is 380 g/mol. The molecule has 112 valence electrons. The van der Waals surface area contributed by atoms with E-state index < -0.39 is 10.0 Å². The van der Waals surface area contributed by atoms with Crippen LogP contribution in [0.25, 0.3) is 0 Å². The van der Waals surface area contributed by atoms with Crippen molar-refractivity contribution in [1.82, 2.24) is 4.31 Å². The Morgan fingerprint density at radius 1 is 1.30 bits per heavy atom. The molecule has 0 radical (unpaired) electrons. The standard InChI is InChI=1S/C13H18BrClN2O2S/c1-17(10-4-2-9(16)3-5-10)20(18,19)11-6-7-13(15)12(14)8-11/h6-10H,2-5,16H2,1H3. The zero-order valence-corrected chi connectivity index (χ0v) is 14.4. The van der Waals surface area contributed by atoms with E-state index in [9.17, 15) is 8.42 Å². The number of hydrogen-bond donors (Lipinski definition) is 1. The Kier molecular flexibility index (Phi) is 5.13. The van der Waals surface area contributed by atoms with E-state index in [2.05, 4.69) is 15.9 Å². The number of halogens is 2. The molecule has 1 aromatic rings. The lowest BCUT2D eigenvalue weighted by atomic mass is 9.92. The number of rotatable bonds is 3. The minimum atomic E-state index is -3.49. The highest BCUT2D eigenvalue weighted by Crippen LogP contribution is 2.29. The molecule has 0 aromatic heterocycles. The number of nitrogens with two attached hydrogens (primary N) is 1. The highest BCUT2D eigenvalue weighted by atomic mass is 79.9. The largest absolute Gasteiger partial charge is 0.328 e. The van der Waals surface area contributed by atoms with Gasteiger partial charge >= 0.3 is 0 Å². The molecule has 2 N–H and O–H groups in total. The fraction of sp³-hybridized carbons (Fsp3) is 0.538. The molecule has 0 atom stereocenters. The molecule has 1 aromatic carbocycles. The summed E-state index contributed by atoms with van der Waals surface area (Å²) in [6, 6.07) is 4.89. The minimum absolute atomic E-state index is 0.0225. The second kappa shape index (κ2) is 6.32. The number of hydrogen-bond acceptors (Lipinski definition) is 3. The Bertz CT molecular complexity index is 586. The predicted molar refractivity (Wildman–Crippen MR) is 84.3 cm³/mol. The molecule has 0 heterocycles. The van der Waals surface area contributed by atoms with Crippen LogP contribution < -0.4 is 5.73 Å². The summed E-state index contributed by atoms with van der Waals surface area (Å²) in [6.45, 7) is 0. The van der Waals surface area contributed by atoms with Gasteiger partial charge in [-0.15, -0.1) is 0 Å². The smallest absolute Gasteiger partial charge is 0.243 e. The third kappa shape index (κ3) is 3.36. The molecule has 0 saturated heterocycles. The minimum Gasteiger partial charge on any atom is -0.328 e. The highest BCUT2D eigenvalue weighted by Gasteiger charge is 2.30. The zero-order valence-electron chi connectivity index (χ0n) is 11.2. The maximum Gasteiger partial charge on any atom is 0.243 e. The van der Waals surface area contributed by atoms with Crippen LogP contribution in [-0.4, -0.2) is 31.9 Å². The molecule has 7 heteroatoms. The van der Waals surface area contributed by atoms with Gasteiger partial charge in [0, 0.05) is 23.6 Å². The van der Waals surface area contributed by atoms with Crippen molar-refractivity contribution < 1.29 is 8.42 Å².